The van der Waals surface area contributed by atoms with Crippen molar-refractivity contribution in [3.63, 3.8) is 0 Å². The lowest BCUT2D eigenvalue weighted by Crippen LogP contribution is -2.58. The zero-order valence-electron chi connectivity index (χ0n) is 21.6. The second-order valence-electron chi connectivity index (χ2n) is 9.99. The number of benzene rings is 2. The summed E-state index contributed by atoms with van der Waals surface area (Å²) in [4.78, 5) is 46.3. The number of carbonyl (C=O) groups is 4. The van der Waals surface area contributed by atoms with Gasteiger partial charge in [0.15, 0.2) is 0 Å². The van der Waals surface area contributed by atoms with Crippen LogP contribution < -0.4 is 9.47 Å². The van der Waals surface area contributed by atoms with Crippen molar-refractivity contribution in [1.29, 1.82) is 0 Å². The number of ether oxygens (including phenoxy) is 3. The molecule has 0 radical (unpaired) electrons. The first-order chi connectivity index (χ1) is 17.0. The first-order valence-electron chi connectivity index (χ1n) is 12.2. The van der Waals surface area contributed by atoms with E-state index in [-0.39, 0.29) is 65.0 Å². The SMILES string of the molecule is Br.Br.CC(=O)Oc1cc2c(OC(C)=O)cccc2cc1C[N+]1(C)[C@@H]2CC[C@H]1CC(OC(=O)CCC(=O)O)C2. The third-order valence-corrected chi connectivity index (χ3v) is 7.45. The Kier molecular flexibility index (Phi) is 10.9. The first-order valence-corrected chi connectivity index (χ1v) is 12.2. The van der Waals surface area contributed by atoms with Crippen molar-refractivity contribution in [2.75, 3.05) is 7.05 Å². The van der Waals surface area contributed by atoms with Crippen LogP contribution in [0.15, 0.2) is 30.3 Å². The fourth-order valence-electron chi connectivity index (χ4n) is 5.81. The maximum Gasteiger partial charge on any atom is 0.308 e. The number of piperidine rings is 1. The summed E-state index contributed by atoms with van der Waals surface area (Å²) in [5, 5.41) is 10.4. The Bertz CT molecular complexity index is 1200. The molecule has 2 fully saturated rings. The standard InChI is InChI=1S/C27H31NO8.2BrH/c1-16(29)34-24-6-4-5-18-11-19(25(14-23(18)24)35-17(2)30)15-28(3)20-7-8-21(28)13-22(12-20)36-27(33)10-9-26(31)32;;/h4-6,11,14,20-22H,7-10,12-13,15H2,1-3H3;2*1H/p+1/t20-,21+,22?,28?;;. The molecule has 2 heterocycles. The van der Waals surface area contributed by atoms with Crippen LogP contribution in [0.25, 0.3) is 10.8 Å². The lowest BCUT2D eigenvalue weighted by Gasteiger charge is -2.47. The summed E-state index contributed by atoms with van der Waals surface area (Å²) >= 11 is 0. The Morgan fingerprint density at radius 1 is 0.921 bits per heavy atom. The van der Waals surface area contributed by atoms with E-state index in [4.69, 9.17) is 19.3 Å². The molecule has 1 N–H and O–H groups in total. The van der Waals surface area contributed by atoms with Gasteiger partial charge in [-0.3, -0.25) is 19.2 Å². The third-order valence-electron chi connectivity index (χ3n) is 7.45. The van der Waals surface area contributed by atoms with Crippen molar-refractivity contribution in [1.82, 2.24) is 0 Å². The maximum absolute atomic E-state index is 12.1. The van der Waals surface area contributed by atoms with Gasteiger partial charge in [0.25, 0.3) is 0 Å². The first kappa shape index (κ1) is 31.7. The lowest BCUT2D eigenvalue weighted by molar-refractivity contribution is -0.961. The summed E-state index contributed by atoms with van der Waals surface area (Å²) in [6, 6.07) is 9.72. The highest BCUT2D eigenvalue weighted by Gasteiger charge is 2.52. The average Bonchev–Trinajstić information content (AvgIpc) is 2.94. The third kappa shape index (κ3) is 7.12. The molecule has 0 saturated carbocycles. The van der Waals surface area contributed by atoms with Crippen LogP contribution in [0.3, 0.4) is 0 Å². The predicted molar refractivity (Wildman–Crippen MR) is 150 cm³/mol. The lowest BCUT2D eigenvalue weighted by atomic mass is 9.94. The fraction of sp³-hybridized carbons (Fsp3) is 0.481. The van der Waals surface area contributed by atoms with Gasteiger partial charge in [-0.1, -0.05) is 12.1 Å². The minimum absolute atomic E-state index is 0. The van der Waals surface area contributed by atoms with Crippen LogP contribution in [0.4, 0.5) is 0 Å². The summed E-state index contributed by atoms with van der Waals surface area (Å²) in [5.41, 5.74) is 0.883. The van der Waals surface area contributed by atoms with Gasteiger partial charge in [0.2, 0.25) is 0 Å². The number of aliphatic carboxylic acids is 1. The predicted octanol–water partition coefficient (Wildman–Crippen LogP) is 4.89. The van der Waals surface area contributed by atoms with Crippen LogP contribution >= 0.6 is 34.0 Å². The smallest absolute Gasteiger partial charge is 0.308 e. The molecule has 4 atom stereocenters. The molecule has 2 aromatic rings. The van der Waals surface area contributed by atoms with E-state index in [0.717, 1.165) is 28.3 Å². The van der Waals surface area contributed by atoms with Crippen molar-refractivity contribution >= 4 is 68.6 Å². The van der Waals surface area contributed by atoms with E-state index in [1.54, 1.807) is 12.1 Å². The monoisotopic (exact) mass is 658 g/mol. The second kappa shape index (κ2) is 13.0. The number of hydrogen-bond acceptors (Lipinski definition) is 7. The molecule has 0 amide bonds. The van der Waals surface area contributed by atoms with Gasteiger partial charge in [0, 0.05) is 50.5 Å². The molecule has 2 aliphatic heterocycles. The van der Waals surface area contributed by atoms with E-state index >= 15 is 0 Å². The van der Waals surface area contributed by atoms with Crippen molar-refractivity contribution < 1.29 is 43.0 Å². The van der Waals surface area contributed by atoms with Crippen LogP contribution in [0.5, 0.6) is 11.5 Å². The second-order valence-corrected chi connectivity index (χ2v) is 9.99. The summed E-state index contributed by atoms with van der Waals surface area (Å²) in [6.07, 6.45) is 2.84. The van der Waals surface area contributed by atoms with Gasteiger partial charge >= 0.3 is 23.9 Å². The molecule has 208 valence electrons. The zero-order chi connectivity index (χ0) is 26.0. The Balaban J connectivity index is 0.00000253. The van der Waals surface area contributed by atoms with Crippen LogP contribution in [0.2, 0.25) is 0 Å². The zero-order valence-corrected chi connectivity index (χ0v) is 25.1. The topological polar surface area (TPSA) is 116 Å². The van der Waals surface area contributed by atoms with Gasteiger partial charge in [0.05, 0.1) is 32.0 Å². The number of esters is 3. The molecule has 0 aliphatic carbocycles. The molecule has 38 heavy (non-hydrogen) atoms. The number of carboxylic acids is 1. The van der Waals surface area contributed by atoms with Gasteiger partial charge in [-0.25, -0.2) is 0 Å². The molecule has 0 spiro atoms. The van der Waals surface area contributed by atoms with Gasteiger partial charge < -0.3 is 23.8 Å². The van der Waals surface area contributed by atoms with Gasteiger partial charge in [-0.15, -0.1) is 34.0 Å². The highest BCUT2D eigenvalue weighted by atomic mass is 79.9. The summed E-state index contributed by atoms with van der Waals surface area (Å²) in [6.45, 7) is 3.33. The van der Waals surface area contributed by atoms with Crippen molar-refractivity contribution in [2.45, 2.75) is 77.1 Å². The molecule has 11 heteroatoms. The number of nitrogens with zero attached hydrogens (tertiary/aromatic N) is 1. The highest BCUT2D eigenvalue weighted by Crippen LogP contribution is 2.45. The largest absolute Gasteiger partial charge is 0.481 e. The Labute approximate surface area is 242 Å². The number of quaternary nitrogens is 1. The highest BCUT2D eigenvalue weighted by molar-refractivity contribution is 8.93. The van der Waals surface area contributed by atoms with Gasteiger partial charge in [-0.05, 0) is 23.6 Å². The maximum atomic E-state index is 12.1. The van der Waals surface area contributed by atoms with E-state index in [2.05, 4.69) is 7.05 Å². The number of carbonyl (C=O) groups excluding carboxylic acids is 3. The number of halogens is 2. The van der Waals surface area contributed by atoms with Gasteiger partial charge in [0.1, 0.15) is 24.1 Å². The molecule has 0 aromatic heterocycles. The molecule has 2 bridgehead atoms. The molecule has 2 unspecified atom stereocenters. The Morgan fingerprint density at radius 3 is 2.11 bits per heavy atom. The van der Waals surface area contributed by atoms with Gasteiger partial charge in [-0.2, -0.15) is 0 Å². The number of rotatable bonds is 8. The van der Waals surface area contributed by atoms with E-state index in [9.17, 15) is 19.2 Å². The van der Waals surface area contributed by atoms with E-state index in [1.165, 1.54) is 13.8 Å². The van der Waals surface area contributed by atoms with Crippen LogP contribution in [-0.4, -0.2) is 58.7 Å². The average molecular weight is 660 g/mol. The van der Waals surface area contributed by atoms with E-state index in [0.29, 0.717) is 36.3 Å². The molecule has 2 saturated heterocycles. The molecular weight excluding hydrogens is 626 g/mol. The van der Waals surface area contributed by atoms with Crippen LogP contribution in [-0.2, 0) is 30.5 Å². The van der Waals surface area contributed by atoms with E-state index < -0.39 is 23.9 Å². The minimum Gasteiger partial charge on any atom is -0.481 e. The molecule has 2 aromatic carbocycles. The minimum atomic E-state index is -1.01. The molecule has 4 rings (SSSR count). The van der Waals surface area contributed by atoms with Crippen molar-refractivity contribution in [3.8, 4) is 11.5 Å². The summed E-state index contributed by atoms with van der Waals surface area (Å²) in [5.74, 6) is -1.49. The van der Waals surface area contributed by atoms with Crippen LogP contribution in [0, 0.1) is 0 Å². The van der Waals surface area contributed by atoms with E-state index in [1.807, 2.05) is 18.2 Å². The summed E-state index contributed by atoms with van der Waals surface area (Å²) < 4.78 is 17.3. The van der Waals surface area contributed by atoms with Crippen molar-refractivity contribution in [3.05, 3.63) is 35.9 Å². The fourth-order valence-corrected chi connectivity index (χ4v) is 5.81. The quantitative estimate of drug-likeness (QED) is 0.242. The molecular formula is C27H34Br2NO8+. The summed E-state index contributed by atoms with van der Waals surface area (Å²) in [7, 11) is 2.20. The Morgan fingerprint density at radius 2 is 1.53 bits per heavy atom. The molecule has 2 aliphatic rings. The normalized spacial score (nSPS) is 23.5. The molecule has 9 nitrogen and oxygen atoms in total. The number of fused-ring (bicyclic) bond motifs is 3. The Hall–Kier alpha value is -2.50. The number of hydrogen-bond donors (Lipinski definition) is 1. The van der Waals surface area contributed by atoms with Crippen LogP contribution in [0.1, 0.15) is 57.9 Å². The number of carboxylic acid groups (broad SMARTS) is 1. The van der Waals surface area contributed by atoms with Crippen molar-refractivity contribution in [2.24, 2.45) is 0 Å².